The van der Waals surface area contributed by atoms with Crippen molar-refractivity contribution in [2.75, 3.05) is 0 Å². The molecule has 0 fully saturated rings. The minimum Gasteiger partial charge on any atom is -0.455 e. The molecule has 0 atom stereocenters. The predicted molar refractivity (Wildman–Crippen MR) is 207 cm³/mol. The van der Waals surface area contributed by atoms with Crippen LogP contribution in [0.15, 0.2) is 174 Å². The zero-order chi connectivity index (χ0) is 33.7. The van der Waals surface area contributed by atoms with Crippen molar-refractivity contribution in [1.82, 2.24) is 19.9 Å². The van der Waals surface area contributed by atoms with E-state index in [9.17, 15) is 0 Å². The summed E-state index contributed by atoms with van der Waals surface area (Å²) >= 11 is 0. The van der Waals surface area contributed by atoms with Crippen LogP contribution < -0.4 is 0 Å². The number of fused-ring (bicyclic) bond motifs is 6. The van der Waals surface area contributed by atoms with Crippen molar-refractivity contribution in [2.24, 2.45) is 0 Å². The topological polar surface area (TPSA) is 64.7 Å². The van der Waals surface area contributed by atoms with Gasteiger partial charge in [0.25, 0.3) is 0 Å². The van der Waals surface area contributed by atoms with Gasteiger partial charge in [-0.05, 0) is 40.1 Å². The average molecular weight is 653 g/mol. The molecule has 0 radical (unpaired) electrons. The molecule has 0 aliphatic rings. The second-order valence-corrected chi connectivity index (χ2v) is 12.6. The molecule has 0 unspecified atom stereocenters. The smallest absolute Gasteiger partial charge is 0.164 e. The first-order chi connectivity index (χ1) is 25.3. The molecule has 0 aliphatic carbocycles. The Hall–Kier alpha value is -6.98. The van der Waals surface area contributed by atoms with Crippen molar-refractivity contribution < 1.29 is 4.42 Å². The molecule has 3 aromatic heterocycles. The normalized spacial score (nSPS) is 11.5. The van der Waals surface area contributed by atoms with E-state index in [2.05, 4.69) is 121 Å². The van der Waals surface area contributed by atoms with Crippen LogP contribution in [0, 0.1) is 0 Å². The van der Waals surface area contributed by atoms with Gasteiger partial charge in [-0.15, -0.1) is 0 Å². The number of furan rings is 1. The molecule has 5 heteroatoms. The van der Waals surface area contributed by atoms with E-state index in [1.54, 1.807) is 0 Å². The molecule has 0 N–H and O–H groups in total. The highest BCUT2D eigenvalue weighted by atomic mass is 16.3. The number of hydrogen-bond donors (Lipinski definition) is 0. The van der Waals surface area contributed by atoms with E-state index in [0.29, 0.717) is 17.5 Å². The Morgan fingerprint density at radius 2 is 0.922 bits per heavy atom. The zero-order valence-corrected chi connectivity index (χ0v) is 27.4. The van der Waals surface area contributed by atoms with Crippen molar-refractivity contribution in [2.45, 2.75) is 0 Å². The minimum absolute atomic E-state index is 0.575. The maximum absolute atomic E-state index is 6.60. The van der Waals surface area contributed by atoms with E-state index in [1.165, 1.54) is 0 Å². The van der Waals surface area contributed by atoms with E-state index in [0.717, 1.165) is 82.7 Å². The van der Waals surface area contributed by atoms with E-state index in [1.807, 2.05) is 48.5 Å². The van der Waals surface area contributed by atoms with Gasteiger partial charge in [-0.2, -0.15) is 0 Å². The lowest BCUT2D eigenvalue weighted by atomic mass is 9.97. The van der Waals surface area contributed by atoms with Crippen molar-refractivity contribution in [3.05, 3.63) is 170 Å². The fraction of sp³-hybridized carbons (Fsp3) is 0. The summed E-state index contributed by atoms with van der Waals surface area (Å²) in [6.07, 6.45) is 0. The third-order valence-electron chi connectivity index (χ3n) is 9.53. The Labute approximate surface area is 293 Å². The fourth-order valence-electron chi connectivity index (χ4n) is 7.02. The third-order valence-corrected chi connectivity index (χ3v) is 9.53. The van der Waals surface area contributed by atoms with Crippen LogP contribution in [0.25, 0.3) is 100 Å². The minimum atomic E-state index is 0.575. The van der Waals surface area contributed by atoms with Gasteiger partial charge in [0.15, 0.2) is 17.5 Å². The van der Waals surface area contributed by atoms with E-state index >= 15 is 0 Å². The molecule has 7 aromatic carbocycles. The molecule has 0 aliphatic heterocycles. The molecule has 5 nitrogen and oxygen atoms in total. The lowest BCUT2D eigenvalue weighted by molar-refractivity contribution is 0.672. The van der Waals surface area contributed by atoms with Gasteiger partial charge in [0.05, 0.1) is 16.6 Å². The summed E-state index contributed by atoms with van der Waals surface area (Å²) in [5, 5.41) is 5.29. The molecule has 0 spiro atoms. The first-order valence-corrected chi connectivity index (χ1v) is 17.0. The molecule has 0 saturated carbocycles. The van der Waals surface area contributed by atoms with Gasteiger partial charge in [0.2, 0.25) is 0 Å². The first-order valence-electron chi connectivity index (χ1n) is 17.0. The summed E-state index contributed by atoms with van der Waals surface area (Å²) in [5.41, 5.74) is 9.37. The lowest BCUT2D eigenvalue weighted by Crippen LogP contribution is -2.00. The molecule has 0 bridgehead atoms. The highest BCUT2D eigenvalue weighted by molar-refractivity contribution is 6.21. The highest BCUT2D eigenvalue weighted by Crippen LogP contribution is 2.42. The summed E-state index contributed by atoms with van der Waals surface area (Å²) in [6, 6.07) is 58.0. The van der Waals surface area contributed by atoms with Crippen LogP contribution in [0.4, 0.5) is 0 Å². The molecular weight excluding hydrogens is 625 g/mol. The van der Waals surface area contributed by atoms with Gasteiger partial charge >= 0.3 is 0 Å². The van der Waals surface area contributed by atoms with Crippen molar-refractivity contribution >= 4 is 43.6 Å². The largest absolute Gasteiger partial charge is 0.455 e. The molecule has 51 heavy (non-hydrogen) atoms. The van der Waals surface area contributed by atoms with Gasteiger partial charge in [-0.3, -0.25) is 0 Å². The van der Waals surface area contributed by atoms with Crippen LogP contribution in [-0.4, -0.2) is 19.9 Å². The summed E-state index contributed by atoms with van der Waals surface area (Å²) in [4.78, 5) is 20.4. The Morgan fingerprint density at radius 3 is 1.69 bits per heavy atom. The second-order valence-electron chi connectivity index (χ2n) is 12.6. The van der Waals surface area contributed by atoms with Gasteiger partial charge in [0, 0.05) is 33.0 Å². The Balaban J connectivity index is 1.18. The molecular formula is C46H28N4O. The molecule has 238 valence electrons. The Kier molecular flexibility index (Phi) is 6.74. The summed E-state index contributed by atoms with van der Waals surface area (Å²) in [7, 11) is 0. The molecule has 0 amide bonds. The number of rotatable bonds is 5. The quantitative estimate of drug-likeness (QED) is 0.185. The standard InChI is InChI=1S/C46H28N4O/c1-3-12-29(13-4-1)30-22-24-33(25-23-30)45-48-44(32-15-5-2-6-16-32)49-46(50-45)34-26-27-37-39(28-34)47-42(36-20-11-17-31-14-7-8-18-35(31)36)41-38-19-9-10-21-40(38)51-43(37)41/h1-28H. The third kappa shape index (κ3) is 5.03. The average Bonchev–Trinajstić information content (AvgIpc) is 3.61. The highest BCUT2D eigenvalue weighted by Gasteiger charge is 2.20. The predicted octanol–water partition coefficient (Wildman–Crippen LogP) is 11.8. The van der Waals surface area contributed by atoms with Crippen LogP contribution in [0.2, 0.25) is 0 Å². The van der Waals surface area contributed by atoms with Crippen molar-refractivity contribution in [1.29, 1.82) is 0 Å². The number of hydrogen-bond acceptors (Lipinski definition) is 5. The first kappa shape index (κ1) is 29.0. The fourth-order valence-corrected chi connectivity index (χ4v) is 7.02. The van der Waals surface area contributed by atoms with Crippen LogP contribution in [0.3, 0.4) is 0 Å². The van der Waals surface area contributed by atoms with Gasteiger partial charge in [-0.25, -0.2) is 19.9 Å². The number of benzene rings is 7. The van der Waals surface area contributed by atoms with E-state index < -0.39 is 0 Å². The van der Waals surface area contributed by atoms with E-state index in [-0.39, 0.29) is 0 Å². The summed E-state index contributed by atoms with van der Waals surface area (Å²) in [5.74, 6) is 1.79. The van der Waals surface area contributed by atoms with Crippen LogP contribution in [0.1, 0.15) is 0 Å². The van der Waals surface area contributed by atoms with Gasteiger partial charge in [-0.1, -0.05) is 152 Å². The zero-order valence-electron chi connectivity index (χ0n) is 27.4. The number of para-hydroxylation sites is 1. The monoisotopic (exact) mass is 652 g/mol. The van der Waals surface area contributed by atoms with Gasteiger partial charge < -0.3 is 4.42 Å². The SMILES string of the molecule is c1ccc(-c2ccc(-c3nc(-c4ccccc4)nc(-c4ccc5c(c4)nc(-c4cccc6ccccc46)c4c6ccccc6oc54)n3)cc2)cc1. The number of pyridine rings is 1. The maximum atomic E-state index is 6.60. The molecule has 0 saturated heterocycles. The Bertz CT molecular complexity index is 2890. The van der Waals surface area contributed by atoms with Crippen LogP contribution >= 0.6 is 0 Å². The van der Waals surface area contributed by atoms with Crippen LogP contribution in [-0.2, 0) is 0 Å². The molecule has 10 rings (SSSR count). The maximum Gasteiger partial charge on any atom is 0.164 e. The Morgan fingerprint density at radius 1 is 0.373 bits per heavy atom. The van der Waals surface area contributed by atoms with E-state index in [4.69, 9.17) is 24.4 Å². The van der Waals surface area contributed by atoms with Crippen molar-refractivity contribution in [3.8, 4) is 56.5 Å². The van der Waals surface area contributed by atoms with Crippen LogP contribution in [0.5, 0.6) is 0 Å². The molecule has 10 aromatic rings. The molecule has 3 heterocycles. The summed E-state index contributed by atoms with van der Waals surface area (Å²) in [6.45, 7) is 0. The number of nitrogens with zero attached hydrogens (tertiary/aromatic N) is 4. The lowest BCUT2D eigenvalue weighted by Gasteiger charge is -2.11. The second kappa shape index (κ2) is 11.9. The number of aromatic nitrogens is 4. The summed E-state index contributed by atoms with van der Waals surface area (Å²) < 4.78 is 6.60. The van der Waals surface area contributed by atoms with Crippen molar-refractivity contribution in [3.63, 3.8) is 0 Å². The van der Waals surface area contributed by atoms with Gasteiger partial charge in [0.1, 0.15) is 11.2 Å².